The molecular weight excluding hydrogens is 214 g/mol. The number of hydrogen-bond acceptors (Lipinski definition) is 3. The lowest BCUT2D eigenvalue weighted by Crippen LogP contribution is -2.27. The first-order valence-electron chi connectivity index (χ1n) is 6.56. The van der Waals surface area contributed by atoms with Gasteiger partial charge in [-0.2, -0.15) is 5.10 Å². The van der Waals surface area contributed by atoms with E-state index in [0.717, 1.165) is 24.5 Å². The highest BCUT2D eigenvalue weighted by molar-refractivity contribution is 5.47. The molecule has 1 unspecified atom stereocenters. The maximum absolute atomic E-state index is 5.72. The molecule has 4 heteroatoms. The Kier molecular flexibility index (Phi) is 4.05. The summed E-state index contributed by atoms with van der Waals surface area (Å²) in [6.07, 6.45) is 6.09. The van der Waals surface area contributed by atoms with Gasteiger partial charge in [-0.1, -0.05) is 13.8 Å². The van der Waals surface area contributed by atoms with Crippen LogP contribution in [-0.2, 0) is 11.8 Å². The molecule has 0 spiro atoms. The first-order valence-corrected chi connectivity index (χ1v) is 6.56. The van der Waals surface area contributed by atoms with Gasteiger partial charge in [0.1, 0.15) is 0 Å². The van der Waals surface area contributed by atoms with Gasteiger partial charge in [0.25, 0.3) is 0 Å². The van der Waals surface area contributed by atoms with E-state index in [0.29, 0.717) is 12.0 Å². The molecule has 1 saturated heterocycles. The Labute approximate surface area is 103 Å². The summed E-state index contributed by atoms with van der Waals surface area (Å²) < 4.78 is 7.59. The van der Waals surface area contributed by atoms with Crippen molar-refractivity contribution in [3.05, 3.63) is 11.9 Å². The Balaban J connectivity index is 1.93. The van der Waals surface area contributed by atoms with Crippen LogP contribution < -0.4 is 5.32 Å². The topological polar surface area (TPSA) is 39.1 Å². The minimum Gasteiger partial charge on any atom is -0.380 e. The second kappa shape index (κ2) is 5.54. The second-order valence-electron chi connectivity index (χ2n) is 5.13. The Morgan fingerprint density at radius 1 is 1.53 bits per heavy atom. The third-order valence-electron chi connectivity index (χ3n) is 3.20. The minimum absolute atomic E-state index is 0.365. The Bertz CT molecular complexity index is 354. The highest BCUT2D eigenvalue weighted by atomic mass is 16.5. The number of hydrogen-bond donors (Lipinski definition) is 1. The largest absolute Gasteiger partial charge is 0.380 e. The molecule has 1 fully saturated rings. The molecule has 96 valence electrons. The number of aromatic nitrogens is 2. The van der Waals surface area contributed by atoms with Crippen molar-refractivity contribution in [2.24, 2.45) is 7.05 Å². The quantitative estimate of drug-likeness (QED) is 0.874. The van der Waals surface area contributed by atoms with Crippen molar-refractivity contribution in [1.29, 1.82) is 0 Å². The molecule has 1 atom stereocenters. The van der Waals surface area contributed by atoms with Crippen LogP contribution in [0.5, 0.6) is 0 Å². The maximum atomic E-state index is 5.72. The molecule has 0 bridgehead atoms. The van der Waals surface area contributed by atoms with Gasteiger partial charge in [-0.05, 0) is 25.2 Å². The first kappa shape index (κ1) is 12.4. The standard InChI is InChI=1S/C13H23N3O/c1-10(2)13-12(9-16(3)15-13)14-8-11-6-4-5-7-17-11/h9-11,14H,4-8H2,1-3H3. The molecule has 0 radical (unpaired) electrons. The highest BCUT2D eigenvalue weighted by Crippen LogP contribution is 2.22. The molecule has 0 aliphatic carbocycles. The lowest BCUT2D eigenvalue weighted by molar-refractivity contribution is 0.0247. The summed E-state index contributed by atoms with van der Waals surface area (Å²) in [5, 5.41) is 7.96. The third-order valence-corrected chi connectivity index (χ3v) is 3.20. The van der Waals surface area contributed by atoms with Crippen molar-refractivity contribution in [1.82, 2.24) is 9.78 Å². The smallest absolute Gasteiger partial charge is 0.0881 e. The van der Waals surface area contributed by atoms with E-state index in [2.05, 4.69) is 30.5 Å². The van der Waals surface area contributed by atoms with Crippen LogP contribution in [0, 0.1) is 0 Å². The highest BCUT2D eigenvalue weighted by Gasteiger charge is 2.16. The van der Waals surface area contributed by atoms with Gasteiger partial charge in [0.05, 0.1) is 17.5 Å². The van der Waals surface area contributed by atoms with E-state index in [1.165, 1.54) is 19.3 Å². The Morgan fingerprint density at radius 2 is 2.35 bits per heavy atom. The number of aryl methyl sites for hydroxylation is 1. The lowest BCUT2D eigenvalue weighted by Gasteiger charge is -2.23. The average molecular weight is 237 g/mol. The fourth-order valence-electron chi connectivity index (χ4n) is 2.26. The number of anilines is 1. The maximum Gasteiger partial charge on any atom is 0.0881 e. The van der Waals surface area contributed by atoms with Crippen LogP contribution in [-0.4, -0.2) is 29.0 Å². The molecule has 2 rings (SSSR count). The predicted octanol–water partition coefficient (Wildman–Crippen LogP) is 2.52. The summed E-state index contributed by atoms with van der Waals surface area (Å²) in [6, 6.07) is 0. The van der Waals surface area contributed by atoms with Crippen LogP contribution in [0.2, 0.25) is 0 Å². The molecule has 1 aliphatic heterocycles. The zero-order chi connectivity index (χ0) is 12.3. The molecule has 17 heavy (non-hydrogen) atoms. The molecule has 1 aromatic rings. The van der Waals surface area contributed by atoms with Crippen LogP contribution in [0.15, 0.2) is 6.20 Å². The van der Waals surface area contributed by atoms with Crippen molar-refractivity contribution in [2.75, 3.05) is 18.5 Å². The summed E-state index contributed by atoms with van der Waals surface area (Å²) >= 11 is 0. The molecule has 0 aromatic carbocycles. The number of rotatable bonds is 4. The lowest BCUT2D eigenvalue weighted by atomic mass is 10.1. The molecule has 1 N–H and O–H groups in total. The molecule has 0 saturated carbocycles. The van der Waals surface area contributed by atoms with Gasteiger partial charge in [-0.25, -0.2) is 0 Å². The number of nitrogens with zero attached hydrogens (tertiary/aromatic N) is 2. The van der Waals surface area contributed by atoms with Crippen molar-refractivity contribution in [2.45, 2.75) is 45.1 Å². The molecule has 4 nitrogen and oxygen atoms in total. The first-order chi connectivity index (χ1) is 8.16. The SMILES string of the molecule is CC(C)c1nn(C)cc1NCC1CCCCO1. The van der Waals surface area contributed by atoms with Crippen molar-refractivity contribution < 1.29 is 4.74 Å². The summed E-state index contributed by atoms with van der Waals surface area (Å²) in [7, 11) is 1.97. The van der Waals surface area contributed by atoms with Gasteiger partial charge in [0, 0.05) is 26.4 Å². The average Bonchev–Trinajstić information content (AvgIpc) is 2.69. The van der Waals surface area contributed by atoms with Gasteiger partial charge in [0.2, 0.25) is 0 Å². The Morgan fingerprint density at radius 3 is 3.00 bits per heavy atom. The van der Waals surface area contributed by atoms with Crippen LogP contribution >= 0.6 is 0 Å². The predicted molar refractivity (Wildman–Crippen MR) is 69.4 cm³/mol. The molecule has 1 aromatic heterocycles. The van der Waals surface area contributed by atoms with E-state index in [-0.39, 0.29) is 0 Å². The molecular formula is C13H23N3O. The zero-order valence-electron chi connectivity index (χ0n) is 11.1. The normalized spacial score (nSPS) is 20.8. The van der Waals surface area contributed by atoms with Crippen molar-refractivity contribution >= 4 is 5.69 Å². The molecule has 0 amide bonds. The van der Waals surface area contributed by atoms with Crippen LogP contribution in [0.25, 0.3) is 0 Å². The molecule has 2 heterocycles. The van der Waals surface area contributed by atoms with Crippen LogP contribution in [0.4, 0.5) is 5.69 Å². The van der Waals surface area contributed by atoms with E-state index in [9.17, 15) is 0 Å². The van der Waals surface area contributed by atoms with E-state index in [1.54, 1.807) is 0 Å². The van der Waals surface area contributed by atoms with Gasteiger partial charge >= 0.3 is 0 Å². The second-order valence-corrected chi connectivity index (χ2v) is 5.13. The van der Waals surface area contributed by atoms with Gasteiger partial charge in [-0.3, -0.25) is 4.68 Å². The van der Waals surface area contributed by atoms with Crippen molar-refractivity contribution in [3.8, 4) is 0 Å². The number of nitrogens with one attached hydrogen (secondary N) is 1. The monoisotopic (exact) mass is 237 g/mol. The summed E-state index contributed by atoms with van der Waals surface area (Å²) in [6.45, 7) is 6.15. The van der Waals surface area contributed by atoms with Gasteiger partial charge in [0.15, 0.2) is 0 Å². The molecule has 1 aliphatic rings. The van der Waals surface area contributed by atoms with E-state index >= 15 is 0 Å². The van der Waals surface area contributed by atoms with Crippen LogP contribution in [0.1, 0.15) is 44.7 Å². The van der Waals surface area contributed by atoms with E-state index in [1.807, 2.05) is 11.7 Å². The fraction of sp³-hybridized carbons (Fsp3) is 0.769. The zero-order valence-corrected chi connectivity index (χ0v) is 11.1. The summed E-state index contributed by atoms with van der Waals surface area (Å²) in [5.74, 6) is 0.450. The minimum atomic E-state index is 0.365. The number of ether oxygens (including phenoxy) is 1. The van der Waals surface area contributed by atoms with Crippen LogP contribution in [0.3, 0.4) is 0 Å². The fourth-order valence-corrected chi connectivity index (χ4v) is 2.26. The van der Waals surface area contributed by atoms with Gasteiger partial charge in [-0.15, -0.1) is 0 Å². The summed E-state index contributed by atoms with van der Waals surface area (Å²) in [5.41, 5.74) is 2.29. The van der Waals surface area contributed by atoms with Gasteiger partial charge < -0.3 is 10.1 Å². The van der Waals surface area contributed by atoms with Crippen molar-refractivity contribution in [3.63, 3.8) is 0 Å². The third kappa shape index (κ3) is 3.22. The summed E-state index contributed by atoms with van der Waals surface area (Å²) in [4.78, 5) is 0. The van der Waals surface area contributed by atoms with E-state index in [4.69, 9.17) is 4.74 Å². The van der Waals surface area contributed by atoms with E-state index < -0.39 is 0 Å². The Hall–Kier alpha value is -1.03.